The van der Waals surface area contributed by atoms with Gasteiger partial charge in [-0.05, 0) is 45.7 Å². The Hall–Kier alpha value is -0.550. The van der Waals surface area contributed by atoms with Crippen LogP contribution in [0, 0.1) is 22.7 Å². The van der Waals surface area contributed by atoms with Gasteiger partial charge in [-0.1, -0.05) is 13.8 Å². The fourth-order valence-corrected chi connectivity index (χ4v) is 2.26. The zero-order chi connectivity index (χ0) is 10.8. The second-order valence-corrected chi connectivity index (χ2v) is 5.05. The van der Waals surface area contributed by atoms with E-state index in [1.54, 1.807) is 0 Å². The van der Waals surface area contributed by atoms with Gasteiger partial charge in [0.1, 0.15) is 0 Å². The highest BCUT2D eigenvalue weighted by Gasteiger charge is 2.37. The highest BCUT2D eigenvalue weighted by molar-refractivity contribution is 5.03. The average Bonchev–Trinajstić information content (AvgIpc) is 2.17. The van der Waals surface area contributed by atoms with Gasteiger partial charge < -0.3 is 4.90 Å². The standard InChI is InChI=1S/C12H22N2/c1-10(2)12(9-13)5-7-14(8-6-12)11(3)4/h10-11H,5-8H2,1-4H3. The molecule has 0 aromatic rings. The van der Waals surface area contributed by atoms with Crippen LogP contribution in [-0.2, 0) is 0 Å². The van der Waals surface area contributed by atoms with Crippen molar-refractivity contribution in [2.24, 2.45) is 11.3 Å². The largest absolute Gasteiger partial charge is 0.301 e. The van der Waals surface area contributed by atoms with Gasteiger partial charge in [-0.25, -0.2) is 0 Å². The van der Waals surface area contributed by atoms with Crippen molar-refractivity contribution in [1.29, 1.82) is 5.26 Å². The molecule has 1 aliphatic heterocycles. The Labute approximate surface area is 87.9 Å². The van der Waals surface area contributed by atoms with Crippen LogP contribution in [0.2, 0.25) is 0 Å². The molecule has 0 spiro atoms. The first-order valence-corrected chi connectivity index (χ1v) is 5.67. The summed E-state index contributed by atoms with van der Waals surface area (Å²) in [6.07, 6.45) is 2.08. The molecule has 1 rings (SSSR count). The lowest BCUT2D eigenvalue weighted by Gasteiger charge is -2.41. The molecule has 0 atom stereocenters. The van der Waals surface area contributed by atoms with Crippen LogP contribution in [0.4, 0.5) is 0 Å². The van der Waals surface area contributed by atoms with E-state index in [0.717, 1.165) is 25.9 Å². The third-order valence-corrected chi connectivity index (χ3v) is 3.75. The van der Waals surface area contributed by atoms with Gasteiger partial charge in [0, 0.05) is 6.04 Å². The van der Waals surface area contributed by atoms with E-state index < -0.39 is 0 Å². The lowest BCUT2D eigenvalue weighted by molar-refractivity contribution is 0.0880. The van der Waals surface area contributed by atoms with E-state index in [1.165, 1.54) is 0 Å². The van der Waals surface area contributed by atoms with Crippen LogP contribution in [0.25, 0.3) is 0 Å². The summed E-state index contributed by atoms with van der Waals surface area (Å²) in [7, 11) is 0. The molecule has 0 aromatic carbocycles. The minimum atomic E-state index is -0.0502. The molecule has 1 saturated heterocycles. The maximum absolute atomic E-state index is 9.27. The Morgan fingerprint density at radius 2 is 1.64 bits per heavy atom. The first kappa shape index (κ1) is 11.5. The molecule has 0 bridgehead atoms. The minimum Gasteiger partial charge on any atom is -0.301 e. The van der Waals surface area contributed by atoms with Gasteiger partial charge in [0.15, 0.2) is 0 Å². The third kappa shape index (κ3) is 2.09. The minimum absolute atomic E-state index is 0.0502. The van der Waals surface area contributed by atoms with E-state index in [-0.39, 0.29) is 5.41 Å². The van der Waals surface area contributed by atoms with Crippen molar-refractivity contribution >= 4 is 0 Å². The molecular formula is C12H22N2. The molecule has 0 amide bonds. The van der Waals surface area contributed by atoms with Gasteiger partial charge in [0.05, 0.1) is 11.5 Å². The van der Waals surface area contributed by atoms with Crippen LogP contribution in [-0.4, -0.2) is 24.0 Å². The number of nitrogens with zero attached hydrogens (tertiary/aromatic N) is 2. The molecule has 14 heavy (non-hydrogen) atoms. The molecule has 0 aromatic heterocycles. The van der Waals surface area contributed by atoms with Crippen molar-refractivity contribution in [3.8, 4) is 6.07 Å². The average molecular weight is 194 g/mol. The Morgan fingerprint density at radius 1 is 1.14 bits per heavy atom. The fraction of sp³-hybridized carbons (Fsp3) is 0.917. The van der Waals surface area contributed by atoms with Crippen molar-refractivity contribution < 1.29 is 0 Å². The third-order valence-electron chi connectivity index (χ3n) is 3.75. The molecular weight excluding hydrogens is 172 g/mol. The maximum atomic E-state index is 9.27. The summed E-state index contributed by atoms with van der Waals surface area (Å²) in [6, 6.07) is 3.17. The first-order valence-electron chi connectivity index (χ1n) is 5.67. The number of rotatable bonds is 2. The van der Waals surface area contributed by atoms with Crippen LogP contribution in [0.3, 0.4) is 0 Å². The van der Waals surface area contributed by atoms with Crippen LogP contribution in [0.1, 0.15) is 40.5 Å². The number of nitriles is 1. The zero-order valence-electron chi connectivity index (χ0n) is 9.88. The fourth-order valence-electron chi connectivity index (χ4n) is 2.26. The summed E-state index contributed by atoms with van der Waals surface area (Å²) in [4.78, 5) is 2.47. The van der Waals surface area contributed by atoms with Gasteiger partial charge in [-0.2, -0.15) is 5.26 Å². The summed E-state index contributed by atoms with van der Waals surface area (Å²) in [5.74, 6) is 0.488. The molecule has 0 radical (unpaired) electrons. The van der Waals surface area contributed by atoms with Crippen LogP contribution in [0.5, 0.6) is 0 Å². The van der Waals surface area contributed by atoms with E-state index in [1.807, 2.05) is 0 Å². The number of likely N-dealkylation sites (tertiary alicyclic amines) is 1. The van der Waals surface area contributed by atoms with Crippen molar-refractivity contribution in [2.75, 3.05) is 13.1 Å². The second-order valence-electron chi connectivity index (χ2n) is 5.05. The van der Waals surface area contributed by atoms with Gasteiger partial charge in [0.2, 0.25) is 0 Å². The number of hydrogen-bond acceptors (Lipinski definition) is 2. The molecule has 80 valence electrons. The zero-order valence-corrected chi connectivity index (χ0v) is 9.88. The SMILES string of the molecule is CC(C)N1CCC(C#N)(C(C)C)CC1. The van der Waals surface area contributed by atoms with E-state index in [9.17, 15) is 5.26 Å². The van der Waals surface area contributed by atoms with Crippen LogP contribution >= 0.6 is 0 Å². The second kappa shape index (κ2) is 4.31. The van der Waals surface area contributed by atoms with Crippen molar-refractivity contribution in [1.82, 2.24) is 4.90 Å². The smallest absolute Gasteiger partial charge is 0.0693 e. The summed E-state index contributed by atoms with van der Waals surface area (Å²) < 4.78 is 0. The topological polar surface area (TPSA) is 27.0 Å². The Balaban J connectivity index is 2.61. The lowest BCUT2D eigenvalue weighted by Crippen LogP contribution is -2.44. The number of piperidine rings is 1. The number of hydrogen-bond donors (Lipinski definition) is 0. The normalized spacial score (nSPS) is 22.6. The Morgan fingerprint density at radius 3 is 1.93 bits per heavy atom. The predicted molar refractivity (Wildman–Crippen MR) is 58.8 cm³/mol. The molecule has 0 saturated carbocycles. The van der Waals surface area contributed by atoms with Crippen molar-refractivity contribution in [2.45, 2.75) is 46.6 Å². The molecule has 1 heterocycles. The highest BCUT2D eigenvalue weighted by Crippen LogP contribution is 2.38. The summed E-state index contributed by atoms with van der Waals surface area (Å²) >= 11 is 0. The summed E-state index contributed by atoms with van der Waals surface area (Å²) in [6.45, 7) is 11.0. The van der Waals surface area contributed by atoms with E-state index in [2.05, 4.69) is 38.7 Å². The van der Waals surface area contributed by atoms with E-state index >= 15 is 0 Å². The van der Waals surface area contributed by atoms with Gasteiger partial charge in [-0.3, -0.25) is 0 Å². The van der Waals surface area contributed by atoms with Gasteiger partial charge in [0.25, 0.3) is 0 Å². The van der Waals surface area contributed by atoms with E-state index in [0.29, 0.717) is 12.0 Å². The van der Waals surface area contributed by atoms with Crippen LogP contribution < -0.4 is 0 Å². The summed E-state index contributed by atoms with van der Waals surface area (Å²) in [5.41, 5.74) is -0.0502. The molecule has 2 heteroatoms. The van der Waals surface area contributed by atoms with Crippen molar-refractivity contribution in [3.05, 3.63) is 0 Å². The Kier molecular flexibility index (Phi) is 3.55. The molecule has 0 N–H and O–H groups in total. The van der Waals surface area contributed by atoms with Crippen molar-refractivity contribution in [3.63, 3.8) is 0 Å². The quantitative estimate of drug-likeness (QED) is 0.675. The van der Waals surface area contributed by atoms with E-state index in [4.69, 9.17) is 0 Å². The molecule has 0 unspecified atom stereocenters. The first-order chi connectivity index (χ1) is 6.52. The Bertz CT molecular complexity index is 217. The predicted octanol–water partition coefficient (Wildman–Crippen LogP) is 2.66. The molecule has 1 aliphatic rings. The lowest BCUT2D eigenvalue weighted by atomic mass is 9.71. The van der Waals surface area contributed by atoms with Gasteiger partial charge in [-0.15, -0.1) is 0 Å². The summed E-state index contributed by atoms with van der Waals surface area (Å²) in [5, 5.41) is 9.27. The van der Waals surface area contributed by atoms with Crippen LogP contribution in [0.15, 0.2) is 0 Å². The monoisotopic (exact) mass is 194 g/mol. The molecule has 1 fully saturated rings. The maximum Gasteiger partial charge on any atom is 0.0693 e. The molecule has 0 aliphatic carbocycles. The molecule has 2 nitrogen and oxygen atoms in total. The van der Waals surface area contributed by atoms with Gasteiger partial charge >= 0.3 is 0 Å². The highest BCUT2D eigenvalue weighted by atomic mass is 15.2.